The number of carbonyl (C=O) groups excluding carboxylic acids is 1. The molecular weight excluding hydrogens is 242 g/mol. The fourth-order valence-electron chi connectivity index (χ4n) is 2.03. The second kappa shape index (κ2) is 6.38. The number of carbonyl (C=O) groups is 1. The van der Waals surface area contributed by atoms with Gasteiger partial charge < -0.3 is 14.4 Å². The molecule has 0 atom stereocenters. The number of morpholine rings is 1. The van der Waals surface area contributed by atoms with Gasteiger partial charge in [0, 0.05) is 18.8 Å². The highest BCUT2D eigenvalue weighted by Crippen LogP contribution is 2.19. The van der Waals surface area contributed by atoms with Crippen molar-refractivity contribution < 1.29 is 14.3 Å². The molecule has 19 heavy (non-hydrogen) atoms. The van der Waals surface area contributed by atoms with Crippen molar-refractivity contribution in [3.63, 3.8) is 0 Å². The lowest BCUT2D eigenvalue weighted by Crippen LogP contribution is -2.34. The van der Waals surface area contributed by atoms with E-state index < -0.39 is 0 Å². The molecule has 1 fully saturated rings. The highest BCUT2D eigenvalue weighted by Gasteiger charge is 2.14. The molecule has 0 spiro atoms. The fourth-order valence-corrected chi connectivity index (χ4v) is 2.03. The minimum absolute atomic E-state index is 0.286. The van der Waals surface area contributed by atoms with Crippen LogP contribution in [0.3, 0.4) is 0 Å². The molecule has 2 rings (SSSR count). The molecule has 0 bridgehead atoms. The zero-order valence-electron chi connectivity index (χ0n) is 11.2. The number of benzene rings is 1. The Morgan fingerprint density at radius 1 is 1.26 bits per heavy atom. The summed E-state index contributed by atoms with van der Waals surface area (Å²) in [6.45, 7) is 9.49. The van der Waals surface area contributed by atoms with E-state index in [9.17, 15) is 4.79 Å². The van der Waals surface area contributed by atoms with Crippen molar-refractivity contribution in [3.05, 3.63) is 42.0 Å². The minimum atomic E-state index is -0.286. The van der Waals surface area contributed by atoms with Crippen LogP contribution >= 0.6 is 0 Å². The summed E-state index contributed by atoms with van der Waals surface area (Å²) in [6.07, 6.45) is 0. The molecule has 102 valence electrons. The van der Waals surface area contributed by atoms with Crippen LogP contribution < -0.4 is 0 Å². The lowest BCUT2D eigenvalue weighted by atomic mass is 10.1. The first-order valence-corrected chi connectivity index (χ1v) is 6.51. The molecule has 1 saturated heterocycles. The van der Waals surface area contributed by atoms with Gasteiger partial charge in [-0.15, -0.1) is 0 Å². The van der Waals surface area contributed by atoms with Crippen molar-refractivity contribution >= 4 is 11.7 Å². The Hall–Kier alpha value is -1.81. The van der Waals surface area contributed by atoms with Crippen LogP contribution in [0.15, 0.2) is 30.8 Å². The molecule has 1 heterocycles. The topological polar surface area (TPSA) is 38.8 Å². The first kappa shape index (κ1) is 13.6. The molecule has 0 aliphatic carbocycles. The lowest BCUT2D eigenvalue weighted by molar-refractivity contribution is 0.0526. The van der Waals surface area contributed by atoms with Crippen LogP contribution in [0.25, 0.3) is 5.70 Å². The van der Waals surface area contributed by atoms with E-state index in [4.69, 9.17) is 9.47 Å². The Morgan fingerprint density at radius 3 is 2.42 bits per heavy atom. The van der Waals surface area contributed by atoms with E-state index in [-0.39, 0.29) is 5.97 Å². The largest absolute Gasteiger partial charge is 0.462 e. The normalized spacial score (nSPS) is 15.1. The van der Waals surface area contributed by atoms with E-state index in [2.05, 4.69) is 11.5 Å². The van der Waals surface area contributed by atoms with Crippen molar-refractivity contribution in [2.45, 2.75) is 6.92 Å². The smallest absolute Gasteiger partial charge is 0.338 e. The first-order valence-electron chi connectivity index (χ1n) is 6.51. The van der Waals surface area contributed by atoms with Crippen molar-refractivity contribution in [1.82, 2.24) is 4.90 Å². The maximum absolute atomic E-state index is 11.6. The molecule has 1 aliphatic heterocycles. The molecule has 0 saturated carbocycles. The Balaban J connectivity index is 2.05. The van der Waals surface area contributed by atoms with Crippen LogP contribution in [0.1, 0.15) is 22.8 Å². The molecule has 1 aliphatic rings. The highest BCUT2D eigenvalue weighted by molar-refractivity contribution is 5.89. The second-order valence-corrected chi connectivity index (χ2v) is 4.34. The van der Waals surface area contributed by atoms with Crippen molar-refractivity contribution in [1.29, 1.82) is 0 Å². The van der Waals surface area contributed by atoms with E-state index in [1.165, 1.54) is 0 Å². The van der Waals surface area contributed by atoms with Gasteiger partial charge in [-0.25, -0.2) is 4.79 Å². The third-order valence-corrected chi connectivity index (χ3v) is 3.12. The average Bonchev–Trinajstić information content (AvgIpc) is 2.48. The van der Waals surface area contributed by atoms with Crippen LogP contribution in [-0.4, -0.2) is 43.8 Å². The van der Waals surface area contributed by atoms with Crippen LogP contribution in [0, 0.1) is 0 Å². The van der Waals surface area contributed by atoms with Crippen molar-refractivity contribution in [3.8, 4) is 0 Å². The number of esters is 1. The number of hydrogen-bond acceptors (Lipinski definition) is 4. The van der Waals surface area contributed by atoms with Gasteiger partial charge in [-0.2, -0.15) is 0 Å². The Kier molecular flexibility index (Phi) is 4.58. The molecule has 4 nitrogen and oxygen atoms in total. The molecule has 0 amide bonds. The van der Waals surface area contributed by atoms with Gasteiger partial charge in [-0.05, 0) is 24.6 Å². The molecular formula is C15H19NO3. The van der Waals surface area contributed by atoms with Gasteiger partial charge in [0.15, 0.2) is 0 Å². The van der Waals surface area contributed by atoms with E-state index in [0.29, 0.717) is 12.2 Å². The summed E-state index contributed by atoms with van der Waals surface area (Å²) in [6, 6.07) is 7.37. The summed E-state index contributed by atoms with van der Waals surface area (Å²) in [7, 11) is 0. The van der Waals surface area contributed by atoms with Gasteiger partial charge in [0.2, 0.25) is 0 Å². The predicted molar refractivity (Wildman–Crippen MR) is 73.8 cm³/mol. The summed E-state index contributed by atoms with van der Waals surface area (Å²) in [4.78, 5) is 13.8. The van der Waals surface area contributed by atoms with Gasteiger partial charge >= 0.3 is 5.97 Å². The Labute approximate surface area is 113 Å². The standard InChI is InChI=1S/C15H19NO3/c1-3-19-15(17)14-6-4-13(5-7-14)12(2)16-8-10-18-11-9-16/h4-7H,2-3,8-11H2,1H3. The van der Waals surface area contributed by atoms with E-state index in [1.54, 1.807) is 19.1 Å². The summed E-state index contributed by atoms with van der Waals surface area (Å²) >= 11 is 0. The Bertz CT molecular complexity index is 447. The van der Waals surface area contributed by atoms with Gasteiger partial charge in [0.25, 0.3) is 0 Å². The molecule has 0 unspecified atom stereocenters. The second-order valence-electron chi connectivity index (χ2n) is 4.34. The summed E-state index contributed by atoms with van der Waals surface area (Å²) in [5.74, 6) is -0.286. The SMILES string of the molecule is C=C(c1ccc(C(=O)OCC)cc1)N1CCOCC1. The van der Waals surface area contributed by atoms with Gasteiger partial charge in [-0.3, -0.25) is 0 Å². The average molecular weight is 261 g/mol. The molecule has 0 aromatic heterocycles. The van der Waals surface area contributed by atoms with Crippen molar-refractivity contribution in [2.75, 3.05) is 32.9 Å². The minimum Gasteiger partial charge on any atom is -0.462 e. The van der Waals surface area contributed by atoms with E-state index in [0.717, 1.165) is 37.6 Å². The Morgan fingerprint density at radius 2 is 1.84 bits per heavy atom. The molecule has 1 aromatic rings. The van der Waals surface area contributed by atoms with Crippen LogP contribution in [-0.2, 0) is 9.47 Å². The molecule has 0 radical (unpaired) electrons. The fraction of sp³-hybridized carbons (Fsp3) is 0.400. The molecule has 4 heteroatoms. The number of ether oxygens (including phenoxy) is 2. The summed E-state index contributed by atoms with van der Waals surface area (Å²) < 4.78 is 10.3. The van der Waals surface area contributed by atoms with Gasteiger partial charge in [0.1, 0.15) is 0 Å². The highest BCUT2D eigenvalue weighted by atomic mass is 16.5. The zero-order chi connectivity index (χ0) is 13.7. The molecule has 1 aromatic carbocycles. The molecule has 0 N–H and O–H groups in total. The maximum atomic E-state index is 11.6. The van der Waals surface area contributed by atoms with Crippen LogP contribution in [0.5, 0.6) is 0 Å². The van der Waals surface area contributed by atoms with E-state index in [1.807, 2.05) is 12.1 Å². The van der Waals surface area contributed by atoms with Crippen LogP contribution in [0.4, 0.5) is 0 Å². The summed E-state index contributed by atoms with van der Waals surface area (Å²) in [5, 5.41) is 0. The van der Waals surface area contributed by atoms with Gasteiger partial charge in [-0.1, -0.05) is 18.7 Å². The lowest BCUT2D eigenvalue weighted by Gasteiger charge is -2.30. The zero-order valence-corrected chi connectivity index (χ0v) is 11.2. The number of rotatable bonds is 4. The monoisotopic (exact) mass is 261 g/mol. The van der Waals surface area contributed by atoms with Crippen LogP contribution in [0.2, 0.25) is 0 Å². The van der Waals surface area contributed by atoms with Crippen molar-refractivity contribution in [2.24, 2.45) is 0 Å². The third-order valence-electron chi connectivity index (χ3n) is 3.12. The first-order chi connectivity index (χ1) is 9.22. The predicted octanol–water partition coefficient (Wildman–Crippen LogP) is 2.17. The number of hydrogen-bond donors (Lipinski definition) is 0. The van der Waals surface area contributed by atoms with Gasteiger partial charge in [0.05, 0.1) is 25.4 Å². The quantitative estimate of drug-likeness (QED) is 0.779. The maximum Gasteiger partial charge on any atom is 0.338 e. The third kappa shape index (κ3) is 3.35. The summed E-state index contributed by atoms with van der Waals surface area (Å²) in [5.41, 5.74) is 2.56. The van der Waals surface area contributed by atoms with E-state index >= 15 is 0 Å². The number of nitrogens with zero attached hydrogens (tertiary/aromatic N) is 1.